The van der Waals surface area contributed by atoms with E-state index < -0.39 is 0 Å². The van der Waals surface area contributed by atoms with Crippen molar-refractivity contribution in [2.45, 2.75) is 57.9 Å². The Morgan fingerprint density at radius 2 is 1.94 bits per heavy atom. The lowest BCUT2D eigenvalue weighted by Gasteiger charge is -2.36. The van der Waals surface area contributed by atoms with Crippen molar-refractivity contribution in [2.24, 2.45) is 17.6 Å². The molecule has 1 heterocycles. The molecule has 3 atom stereocenters. The largest absolute Gasteiger partial charge is 0.328 e. The molecule has 0 spiro atoms. The summed E-state index contributed by atoms with van der Waals surface area (Å²) in [5.74, 6) is 1.85. The third-order valence-corrected chi connectivity index (χ3v) is 4.52. The molecule has 0 aromatic carbocycles. The summed E-state index contributed by atoms with van der Waals surface area (Å²) in [6, 6.07) is 0.491. The highest BCUT2D eigenvalue weighted by atomic mass is 15.1. The van der Waals surface area contributed by atoms with Crippen LogP contribution in [0.3, 0.4) is 0 Å². The summed E-state index contributed by atoms with van der Waals surface area (Å²) in [4.78, 5) is 2.71. The van der Waals surface area contributed by atoms with E-state index in [9.17, 15) is 0 Å². The van der Waals surface area contributed by atoms with Gasteiger partial charge in [0, 0.05) is 19.1 Å². The predicted molar refractivity (Wildman–Crippen MR) is 69.4 cm³/mol. The van der Waals surface area contributed by atoms with Gasteiger partial charge in [-0.3, -0.25) is 0 Å². The van der Waals surface area contributed by atoms with Crippen LogP contribution in [0.15, 0.2) is 0 Å². The quantitative estimate of drug-likeness (QED) is 0.798. The molecule has 2 N–H and O–H groups in total. The van der Waals surface area contributed by atoms with E-state index in [1.807, 2.05) is 0 Å². The number of likely N-dealkylation sites (tertiary alicyclic amines) is 1. The molecule has 1 saturated carbocycles. The van der Waals surface area contributed by atoms with E-state index in [0.717, 1.165) is 11.8 Å². The summed E-state index contributed by atoms with van der Waals surface area (Å²) >= 11 is 0. The fraction of sp³-hybridized carbons (Fsp3) is 1.00. The summed E-state index contributed by atoms with van der Waals surface area (Å²) < 4.78 is 0. The normalized spacial score (nSPS) is 37.5. The Morgan fingerprint density at radius 3 is 2.69 bits per heavy atom. The summed E-state index contributed by atoms with van der Waals surface area (Å²) in [5.41, 5.74) is 6.07. The number of piperidine rings is 1. The van der Waals surface area contributed by atoms with Crippen molar-refractivity contribution in [1.29, 1.82) is 0 Å². The summed E-state index contributed by atoms with van der Waals surface area (Å²) in [5, 5.41) is 0. The molecule has 0 bridgehead atoms. The molecule has 1 aliphatic heterocycles. The lowest BCUT2D eigenvalue weighted by atomic mass is 9.85. The molecule has 1 aliphatic carbocycles. The van der Waals surface area contributed by atoms with Crippen LogP contribution in [0.2, 0.25) is 0 Å². The second-order valence-corrected chi connectivity index (χ2v) is 5.97. The van der Waals surface area contributed by atoms with Crippen molar-refractivity contribution in [1.82, 2.24) is 4.90 Å². The first-order valence-corrected chi connectivity index (χ1v) is 7.26. The van der Waals surface area contributed by atoms with Gasteiger partial charge in [0.1, 0.15) is 0 Å². The Bertz CT molecular complexity index is 205. The van der Waals surface area contributed by atoms with E-state index in [1.165, 1.54) is 64.6 Å². The maximum absolute atomic E-state index is 6.07. The first-order chi connectivity index (χ1) is 7.78. The fourth-order valence-corrected chi connectivity index (χ4v) is 3.51. The lowest BCUT2D eigenvalue weighted by molar-refractivity contribution is 0.132. The van der Waals surface area contributed by atoms with Crippen molar-refractivity contribution in [3.8, 4) is 0 Å². The molecule has 2 fully saturated rings. The van der Waals surface area contributed by atoms with E-state index in [4.69, 9.17) is 5.73 Å². The van der Waals surface area contributed by atoms with Gasteiger partial charge in [0.2, 0.25) is 0 Å². The molecule has 1 saturated heterocycles. The van der Waals surface area contributed by atoms with Crippen LogP contribution < -0.4 is 5.73 Å². The zero-order valence-corrected chi connectivity index (χ0v) is 10.8. The van der Waals surface area contributed by atoms with Crippen LogP contribution in [0.4, 0.5) is 0 Å². The van der Waals surface area contributed by atoms with Gasteiger partial charge in [0.05, 0.1) is 0 Å². The number of hydrogen-bond acceptors (Lipinski definition) is 2. The molecule has 16 heavy (non-hydrogen) atoms. The zero-order valence-electron chi connectivity index (χ0n) is 10.8. The predicted octanol–water partition coefficient (Wildman–Crippen LogP) is 2.63. The molecule has 94 valence electrons. The van der Waals surface area contributed by atoms with E-state index in [0.29, 0.717) is 6.04 Å². The fourth-order valence-electron chi connectivity index (χ4n) is 3.51. The third-order valence-electron chi connectivity index (χ3n) is 4.52. The van der Waals surface area contributed by atoms with Gasteiger partial charge in [-0.1, -0.05) is 19.8 Å². The van der Waals surface area contributed by atoms with Crippen LogP contribution in [-0.2, 0) is 0 Å². The van der Waals surface area contributed by atoms with Gasteiger partial charge in [-0.25, -0.2) is 0 Å². The van der Waals surface area contributed by atoms with Gasteiger partial charge in [0.25, 0.3) is 0 Å². The molecule has 0 aromatic heterocycles. The van der Waals surface area contributed by atoms with Crippen molar-refractivity contribution >= 4 is 0 Å². The van der Waals surface area contributed by atoms with Gasteiger partial charge >= 0.3 is 0 Å². The Morgan fingerprint density at radius 1 is 1.12 bits per heavy atom. The van der Waals surface area contributed by atoms with Gasteiger partial charge < -0.3 is 10.6 Å². The first kappa shape index (κ1) is 12.4. The highest BCUT2D eigenvalue weighted by Crippen LogP contribution is 2.26. The molecule has 2 rings (SSSR count). The lowest BCUT2D eigenvalue weighted by Crippen LogP contribution is -2.40. The Hall–Kier alpha value is -0.0800. The molecule has 0 amide bonds. The van der Waals surface area contributed by atoms with Crippen LogP contribution in [-0.4, -0.2) is 30.6 Å². The first-order valence-electron chi connectivity index (χ1n) is 7.26. The molecule has 2 heteroatoms. The number of hydrogen-bond donors (Lipinski definition) is 1. The second-order valence-electron chi connectivity index (χ2n) is 5.97. The molecule has 3 unspecified atom stereocenters. The van der Waals surface area contributed by atoms with E-state index in [2.05, 4.69) is 11.8 Å². The van der Waals surface area contributed by atoms with Gasteiger partial charge in [-0.2, -0.15) is 0 Å². The highest BCUT2D eigenvalue weighted by Gasteiger charge is 2.24. The van der Waals surface area contributed by atoms with E-state index >= 15 is 0 Å². The van der Waals surface area contributed by atoms with Crippen LogP contribution in [0.5, 0.6) is 0 Å². The highest BCUT2D eigenvalue weighted by molar-refractivity contribution is 4.80. The minimum absolute atomic E-state index is 0.491. The van der Waals surface area contributed by atoms with Crippen LogP contribution in [0, 0.1) is 11.8 Å². The number of nitrogens with zero attached hydrogens (tertiary/aromatic N) is 1. The molecule has 0 radical (unpaired) electrons. The topological polar surface area (TPSA) is 29.3 Å². The third kappa shape index (κ3) is 3.46. The monoisotopic (exact) mass is 224 g/mol. The van der Waals surface area contributed by atoms with Crippen LogP contribution in [0.1, 0.15) is 51.9 Å². The summed E-state index contributed by atoms with van der Waals surface area (Å²) in [7, 11) is 0. The average molecular weight is 224 g/mol. The van der Waals surface area contributed by atoms with E-state index in [1.54, 1.807) is 0 Å². The zero-order chi connectivity index (χ0) is 11.4. The summed E-state index contributed by atoms with van der Waals surface area (Å²) in [6.07, 6.45) is 9.54. The smallest absolute Gasteiger partial charge is 0.00419 e. The number of rotatable bonds is 3. The second kappa shape index (κ2) is 6.02. The van der Waals surface area contributed by atoms with Gasteiger partial charge in [0.15, 0.2) is 0 Å². The average Bonchev–Trinajstić information content (AvgIpc) is 2.29. The molecule has 2 nitrogen and oxygen atoms in total. The van der Waals surface area contributed by atoms with Crippen LogP contribution in [0.25, 0.3) is 0 Å². The van der Waals surface area contributed by atoms with Crippen LogP contribution >= 0.6 is 0 Å². The van der Waals surface area contributed by atoms with E-state index in [-0.39, 0.29) is 0 Å². The van der Waals surface area contributed by atoms with Crippen molar-refractivity contribution in [3.63, 3.8) is 0 Å². The SMILES string of the molecule is CCC1CCCN(CC2CCCC(N)C2)C1. The standard InChI is InChI=1S/C14H28N2/c1-2-12-6-4-8-16(10-12)11-13-5-3-7-14(15)9-13/h12-14H,2-11,15H2,1H3. The maximum Gasteiger partial charge on any atom is 0.00419 e. The minimum Gasteiger partial charge on any atom is -0.328 e. The minimum atomic E-state index is 0.491. The Kier molecular flexibility index (Phi) is 4.66. The maximum atomic E-state index is 6.07. The summed E-state index contributed by atoms with van der Waals surface area (Å²) in [6.45, 7) is 6.35. The molecule has 0 aromatic rings. The van der Waals surface area contributed by atoms with Gasteiger partial charge in [-0.15, -0.1) is 0 Å². The van der Waals surface area contributed by atoms with Crippen molar-refractivity contribution < 1.29 is 0 Å². The Labute approximate surface area is 101 Å². The number of nitrogens with two attached hydrogens (primary N) is 1. The molecular weight excluding hydrogens is 196 g/mol. The molecule has 2 aliphatic rings. The van der Waals surface area contributed by atoms with Crippen molar-refractivity contribution in [3.05, 3.63) is 0 Å². The van der Waals surface area contributed by atoms with Crippen molar-refractivity contribution in [2.75, 3.05) is 19.6 Å². The van der Waals surface area contributed by atoms with Gasteiger partial charge in [-0.05, 0) is 50.5 Å². The Balaban J connectivity index is 1.75. The molecular formula is C14H28N2.